The van der Waals surface area contributed by atoms with Crippen LogP contribution in [0.5, 0.6) is 0 Å². The normalized spacial score (nSPS) is 10.5. The monoisotopic (exact) mass is 399 g/mol. The Balaban J connectivity index is 1.47. The number of aromatic nitrogens is 2. The topological polar surface area (TPSA) is 72.0 Å². The summed E-state index contributed by atoms with van der Waals surface area (Å²) < 4.78 is 0. The van der Waals surface area contributed by atoms with Gasteiger partial charge < -0.3 is 0 Å². The minimum Gasteiger partial charge on any atom is -0.296 e. The summed E-state index contributed by atoms with van der Waals surface area (Å²) in [5.74, 6) is -0.374. The molecule has 0 spiro atoms. The number of hydrogen-bond donors (Lipinski definition) is 1. The predicted octanol–water partition coefficient (Wildman–Crippen LogP) is 5.00. The van der Waals surface area contributed by atoms with E-state index in [9.17, 15) is 9.59 Å². The van der Waals surface area contributed by atoms with E-state index in [0.717, 1.165) is 16.1 Å². The first-order valence-corrected chi connectivity index (χ1v) is 9.84. The SMILES string of the molecule is Cc1ccccc1-c1nnc(NC(=O)c2ccc(C(=O)c3ccccc3)cc2)s1. The first kappa shape index (κ1) is 18.7. The van der Waals surface area contributed by atoms with E-state index in [0.29, 0.717) is 21.8 Å². The van der Waals surface area contributed by atoms with E-state index in [4.69, 9.17) is 0 Å². The highest BCUT2D eigenvalue weighted by molar-refractivity contribution is 7.18. The lowest BCUT2D eigenvalue weighted by atomic mass is 10.0. The molecule has 0 saturated carbocycles. The van der Waals surface area contributed by atoms with Gasteiger partial charge in [-0.2, -0.15) is 0 Å². The molecule has 0 radical (unpaired) electrons. The van der Waals surface area contributed by atoms with E-state index >= 15 is 0 Å². The molecule has 4 aromatic rings. The lowest BCUT2D eigenvalue weighted by Crippen LogP contribution is -2.12. The van der Waals surface area contributed by atoms with Crippen LogP contribution in [-0.2, 0) is 0 Å². The van der Waals surface area contributed by atoms with Gasteiger partial charge in [0.05, 0.1) is 0 Å². The van der Waals surface area contributed by atoms with E-state index in [1.54, 1.807) is 36.4 Å². The number of nitrogens with one attached hydrogen (secondary N) is 1. The summed E-state index contributed by atoms with van der Waals surface area (Å²) in [5.41, 5.74) is 3.68. The summed E-state index contributed by atoms with van der Waals surface area (Å²) in [7, 11) is 0. The molecule has 0 aliphatic rings. The van der Waals surface area contributed by atoms with Gasteiger partial charge in [-0.3, -0.25) is 14.9 Å². The quantitative estimate of drug-likeness (QED) is 0.480. The standard InChI is InChI=1S/C23H17N3O2S/c1-15-7-5-6-10-19(15)22-25-26-23(29-22)24-21(28)18-13-11-17(12-14-18)20(27)16-8-3-2-4-9-16/h2-14H,1H3,(H,24,26,28). The number of aryl methyl sites for hydroxylation is 1. The van der Waals surface area contributed by atoms with Gasteiger partial charge in [0.1, 0.15) is 5.01 Å². The maximum absolute atomic E-state index is 12.5. The number of carbonyl (C=O) groups excluding carboxylic acids is 2. The highest BCUT2D eigenvalue weighted by Gasteiger charge is 2.14. The van der Waals surface area contributed by atoms with Crippen molar-refractivity contribution in [3.05, 3.63) is 101 Å². The molecule has 3 aromatic carbocycles. The molecule has 0 atom stereocenters. The van der Waals surface area contributed by atoms with Crippen molar-refractivity contribution < 1.29 is 9.59 Å². The number of anilines is 1. The van der Waals surface area contributed by atoms with Crippen molar-refractivity contribution in [3.63, 3.8) is 0 Å². The van der Waals surface area contributed by atoms with Crippen molar-refractivity contribution in [1.82, 2.24) is 10.2 Å². The van der Waals surface area contributed by atoms with Gasteiger partial charge in [-0.05, 0) is 24.6 Å². The summed E-state index contributed by atoms with van der Waals surface area (Å²) in [4.78, 5) is 25.0. The molecule has 1 N–H and O–H groups in total. The Morgan fingerprint density at radius 1 is 0.759 bits per heavy atom. The first-order valence-electron chi connectivity index (χ1n) is 9.02. The van der Waals surface area contributed by atoms with E-state index in [1.807, 2.05) is 49.4 Å². The molecule has 0 saturated heterocycles. The molecule has 0 aliphatic heterocycles. The van der Waals surface area contributed by atoms with Gasteiger partial charge in [-0.1, -0.05) is 78.1 Å². The predicted molar refractivity (Wildman–Crippen MR) is 114 cm³/mol. The summed E-state index contributed by atoms with van der Waals surface area (Å²) in [6, 6.07) is 23.5. The molecular weight excluding hydrogens is 382 g/mol. The van der Waals surface area contributed by atoms with Crippen LogP contribution in [0.1, 0.15) is 31.8 Å². The number of nitrogens with zero attached hydrogens (tertiary/aromatic N) is 2. The van der Waals surface area contributed by atoms with Gasteiger partial charge in [-0.15, -0.1) is 10.2 Å². The zero-order valence-corrected chi connectivity index (χ0v) is 16.4. The van der Waals surface area contributed by atoms with Crippen molar-refractivity contribution in [2.45, 2.75) is 6.92 Å². The van der Waals surface area contributed by atoms with Crippen molar-refractivity contribution in [2.24, 2.45) is 0 Å². The van der Waals surface area contributed by atoms with Crippen LogP contribution >= 0.6 is 11.3 Å². The molecule has 0 fully saturated rings. The van der Waals surface area contributed by atoms with E-state index in [-0.39, 0.29) is 11.7 Å². The number of carbonyl (C=O) groups is 2. The lowest BCUT2D eigenvalue weighted by Gasteiger charge is -2.04. The molecule has 6 heteroatoms. The first-order chi connectivity index (χ1) is 14.1. The van der Waals surface area contributed by atoms with Crippen LogP contribution in [0, 0.1) is 6.92 Å². The minimum absolute atomic E-state index is 0.0791. The second-order valence-electron chi connectivity index (χ2n) is 6.45. The third-order valence-electron chi connectivity index (χ3n) is 4.47. The molecule has 0 aliphatic carbocycles. The number of rotatable bonds is 5. The third kappa shape index (κ3) is 4.12. The van der Waals surface area contributed by atoms with Gasteiger partial charge in [0, 0.05) is 22.3 Å². The molecule has 29 heavy (non-hydrogen) atoms. The molecule has 1 aromatic heterocycles. The Hall–Kier alpha value is -3.64. The Labute approximate surface area is 172 Å². The molecule has 4 rings (SSSR count). The molecule has 0 bridgehead atoms. The summed E-state index contributed by atoms with van der Waals surface area (Å²) in [6.07, 6.45) is 0. The Morgan fingerprint density at radius 3 is 2.10 bits per heavy atom. The minimum atomic E-state index is -0.295. The largest absolute Gasteiger partial charge is 0.296 e. The van der Waals surface area contributed by atoms with Crippen LogP contribution < -0.4 is 5.32 Å². The number of amides is 1. The van der Waals surface area contributed by atoms with Crippen molar-refractivity contribution in [2.75, 3.05) is 5.32 Å². The van der Waals surface area contributed by atoms with Crippen LogP contribution in [0.25, 0.3) is 10.6 Å². The van der Waals surface area contributed by atoms with Crippen molar-refractivity contribution >= 4 is 28.2 Å². The van der Waals surface area contributed by atoms with Crippen molar-refractivity contribution in [3.8, 4) is 10.6 Å². The average Bonchev–Trinajstić information content (AvgIpc) is 3.22. The maximum Gasteiger partial charge on any atom is 0.257 e. The third-order valence-corrected chi connectivity index (χ3v) is 5.34. The zero-order chi connectivity index (χ0) is 20.2. The fourth-order valence-electron chi connectivity index (χ4n) is 2.89. The molecular formula is C23H17N3O2S. The van der Waals surface area contributed by atoms with Gasteiger partial charge >= 0.3 is 0 Å². The maximum atomic E-state index is 12.5. The van der Waals surface area contributed by atoms with Crippen LogP contribution in [0.3, 0.4) is 0 Å². The highest BCUT2D eigenvalue weighted by Crippen LogP contribution is 2.28. The van der Waals surface area contributed by atoms with Gasteiger partial charge in [-0.25, -0.2) is 0 Å². The smallest absolute Gasteiger partial charge is 0.257 e. The van der Waals surface area contributed by atoms with Crippen LogP contribution in [0.2, 0.25) is 0 Å². The molecule has 1 heterocycles. The van der Waals surface area contributed by atoms with E-state index in [2.05, 4.69) is 15.5 Å². The van der Waals surface area contributed by atoms with Crippen LogP contribution in [-0.4, -0.2) is 21.9 Å². The summed E-state index contributed by atoms with van der Waals surface area (Å²) in [6.45, 7) is 2.01. The van der Waals surface area contributed by atoms with Gasteiger partial charge in [0.15, 0.2) is 5.78 Å². The second kappa shape index (κ2) is 8.16. The molecule has 0 unspecified atom stereocenters. The van der Waals surface area contributed by atoms with Crippen molar-refractivity contribution in [1.29, 1.82) is 0 Å². The second-order valence-corrected chi connectivity index (χ2v) is 7.43. The lowest BCUT2D eigenvalue weighted by molar-refractivity contribution is 0.102. The highest BCUT2D eigenvalue weighted by atomic mass is 32.1. The zero-order valence-electron chi connectivity index (χ0n) is 15.6. The van der Waals surface area contributed by atoms with E-state index in [1.165, 1.54) is 11.3 Å². The Kier molecular flexibility index (Phi) is 5.27. The average molecular weight is 399 g/mol. The molecule has 5 nitrogen and oxygen atoms in total. The summed E-state index contributed by atoms with van der Waals surface area (Å²) in [5, 5.41) is 12.2. The van der Waals surface area contributed by atoms with Crippen LogP contribution in [0.4, 0.5) is 5.13 Å². The van der Waals surface area contributed by atoms with E-state index < -0.39 is 0 Å². The fourth-order valence-corrected chi connectivity index (χ4v) is 3.72. The fraction of sp³-hybridized carbons (Fsp3) is 0.0435. The number of hydrogen-bond acceptors (Lipinski definition) is 5. The van der Waals surface area contributed by atoms with Gasteiger partial charge in [0.25, 0.3) is 5.91 Å². The molecule has 1 amide bonds. The number of benzene rings is 3. The molecule has 142 valence electrons. The summed E-state index contributed by atoms with van der Waals surface area (Å²) >= 11 is 1.32. The van der Waals surface area contributed by atoms with Gasteiger partial charge in [0.2, 0.25) is 5.13 Å². The Morgan fingerprint density at radius 2 is 1.38 bits per heavy atom. The van der Waals surface area contributed by atoms with Crippen LogP contribution in [0.15, 0.2) is 78.9 Å². The number of ketones is 1. The Bertz CT molecular complexity index is 1170.